The summed E-state index contributed by atoms with van der Waals surface area (Å²) >= 11 is 3.44. The highest BCUT2D eigenvalue weighted by atomic mass is 127. The molecule has 8 saturated heterocycles. The molecule has 143 heavy (non-hydrogen) atoms. The second-order valence-electron chi connectivity index (χ2n) is 35.0. The number of nitrogens with one attached hydrogen (secondary N) is 4. The molecule has 10 aromatic rings. The van der Waals surface area contributed by atoms with Crippen molar-refractivity contribution in [2.24, 2.45) is 0 Å². The number of rotatable bonds is 16. The summed E-state index contributed by atoms with van der Waals surface area (Å²) in [5.74, 6) is -1.33. The number of nitrogens with two attached hydrogens (primary N) is 2. The third-order valence-electron chi connectivity index (χ3n) is 22.1. The van der Waals surface area contributed by atoms with E-state index in [9.17, 15) is 58.4 Å². The number of anilines is 5. The smallest absolute Gasteiger partial charge is 0.444 e. The van der Waals surface area contributed by atoms with Gasteiger partial charge in [-0.3, -0.25) is 38.8 Å². The molecule has 12 N–H and O–H groups in total. The largest absolute Gasteiger partial charge is 0.510 e. The number of ether oxygens (including phenoxy) is 15. The molecule has 18 heterocycles. The number of nitrogen functional groups attached to an aromatic ring is 2. The molecule has 8 fully saturated rings. The second-order valence-corrected chi connectivity index (χ2v) is 36.5. The van der Waals surface area contributed by atoms with Crippen LogP contribution >= 0.6 is 45.2 Å². The molecular formula is C84H87F5I2N26O26. The summed E-state index contributed by atoms with van der Waals surface area (Å²) < 4.78 is 160. The van der Waals surface area contributed by atoms with Crippen LogP contribution in [-0.2, 0) is 71.1 Å². The maximum absolute atomic E-state index is 15.4. The molecule has 18 rings (SSSR count). The number of fused-ring (bicyclic) bond motifs is 8. The molecule has 0 aromatic carbocycles. The first-order valence-electron chi connectivity index (χ1n) is 42.4. The SMILES string of the molecule is C#C[C@@]12OC(=O)O[C@@H]1[C@@](F)(CC)O[C@H]2n1cnc2c(N)ncnc21.C#C[C@@]12OC(=O)O[C@@H]1[C@@](F)(CC)O[C@H]2n1cnc2c(NC(=O)OC(C)(C)C)ncnc21.C#C[C@@]12OC(=O)O[C@@H]1[C@@](F)(CI)O[C@H]2n1cnc2c(NC(=O)OC(C)(C)C)ncnc21.C#C[C@]1(O)[C@H](n2cnc3c(N)ncnc32)O[C@](F)(CO)[C@H]1OC(=O)NCCC.C#C[C@]1(O)[C@H](n2cnc3c(NC(=O)OC(C)(C)C)ncnc32)O[C@](F)(CI)[C@H]1O. The fourth-order valence-electron chi connectivity index (χ4n) is 15.8. The maximum Gasteiger partial charge on any atom is 0.510 e. The number of nitrogens with zero attached hydrogens (tertiary/aromatic N) is 20. The number of halogens is 7. The molecule has 52 nitrogen and oxygen atoms in total. The predicted octanol–water partition coefficient (Wildman–Crippen LogP) is 7.31. The van der Waals surface area contributed by atoms with Gasteiger partial charge in [-0.05, 0) is 86.5 Å². The zero-order chi connectivity index (χ0) is 104. The number of hydrogen-bond donors (Lipinski definition) is 10. The molecule has 59 heteroatoms. The standard InChI is InChI=1S/C19H20FN5O6.C18H17FIN5O6.C17H19FIN5O5.C16H19FN6O5.C14H12FN5O4/c1-6-18-13(28-16(27)31-18)19(20,7-2)29-14(18)25-9-23-10-11(21-8-22-12(10)25)24-15(26)30-17(3,4)5;1-5-17-12(28-15(27)31-17)18(19,6-20)29-13(17)25-8-23-9-10(21-7-22-11(9)25)24-14(26)30-16(2,3)4;1-5-16(27)12(25)17(18,6-19)28-13(16)24-8-22-9-10(20-7-21-11(9)24)23-14(26)29-15(2,3)4;1-3-5-19-14(25)27-12-15(26,4-2)13(28-16(12,17)6-24)23-8-22-9-10(18)20-7-21-11(9)23;1-3-13-10(22-12(21)24-13)14(15,4-2)23-11(13)20-6-19-7-8(16)17-5-18-9(7)20/h1,8-9,13-14H,7H2,2-5H3,(H,21,22,24,26);1,7-8,12-13H,6H2,2-4H3,(H,21,22,24,26);1,7-8,12-13,25,27H,6H2,2-4H3,(H,20,21,23,26);2,7-8,12-13,24,26H,3,5-6H2,1H3,(H,19,25)(H2,18,20,21);1,5-6,10-11H,4H2,2H3,(H2,16,17,18)/t13-,14+,18+,19+;12-,13+,17+,18+;12-,13+,16+,17+;12-,13+,15+,16+;10-,11+,13+,14+/m00000/s1. The molecule has 8 aliphatic heterocycles. The van der Waals surface area contributed by atoms with Crippen molar-refractivity contribution in [2.45, 2.75) is 238 Å². The van der Waals surface area contributed by atoms with E-state index < -0.39 is 185 Å². The Hall–Kier alpha value is -14.2. The van der Waals surface area contributed by atoms with E-state index in [2.05, 4.69) is 114 Å². The van der Waals surface area contributed by atoms with E-state index in [1.807, 2.05) is 11.8 Å². The Labute approximate surface area is 830 Å². The molecule has 0 saturated carbocycles. The van der Waals surface area contributed by atoms with Crippen LogP contribution in [0.1, 0.15) is 133 Å². The van der Waals surface area contributed by atoms with E-state index in [1.54, 1.807) is 121 Å². The van der Waals surface area contributed by atoms with Gasteiger partial charge in [0.1, 0.15) is 66.1 Å². The number of aliphatic hydroxyl groups excluding tert-OH is 2. The van der Waals surface area contributed by atoms with Crippen molar-refractivity contribution in [3.63, 3.8) is 0 Å². The molecule has 758 valence electrons. The van der Waals surface area contributed by atoms with Gasteiger partial charge in [-0.2, -0.15) is 0 Å². The Morgan fingerprint density at radius 2 is 0.727 bits per heavy atom. The van der Waals surface area contributed by atoms with Crippen LogP contribution in [0.3, 0.4) is 0 Å². The van der Waals surface area contributed by atoms with Crippen molar-refractivity contribution in [3.8, 4) is 61.7 Å². The van der Waals surface area contributed by atoms with Crippen LogP contribution in [0.2, 0.25) is 0 Å². The maximum atomic E-state index is 15.4. The average molecular weight is 2230 g/mol. The number of alkyl halides is 7. The number of carbonyl (C=O) groups is 7. The van der Waals surface area contributed by atoms with Gasteiger partial charge in [0.15, 0.2) is 111 Å². The normalized spacial score (nSPS) is 30.5. The van der Waals surface area contributed by atoms with E-state index >= 15 is 17.6 Å². The van der Waals surface area contributed by atoms with Crippen LogP contribution in [0.5, 0.6) is 0 Å². The number of alkyl carbamates (subject to hydrolysis) is 1. The summed E-state index contributed by atoms with van der Waals surface area (Å²) in [6, 6.07) is 0. The van der Waals surface area contributed by atoms with Crippen molar-refractivity contribution in [3.05, 3.63) is 63.3 Å². The molecule has 20 atom stereocenters. The van der Waals surface area contributed by atoms with Gasteiger partial charge < -0.3 is 108 Å². The van der Waals surface area contributed by atoms with Gasteiger partial charge >= 0.3 is 42.8 Å². The number of carbonyl (C=O) groups excluding carboxylic acids is 7. The van der Waals surface area contributed by atoms with Crippen molar-refractivity contribution in [2.75, 3.05) is 49.4 Å². The van der Waals surface area contributed by atoms with E-state index in [1.165, 1.54) is 75.8 Å². The van der Waals surface area contributed by atoms with Crippen LogP contribution < -0.4 is 32.7 Å². The average Bonchev–Trinajstić information content (AvgIpc) is 1.55. The van der Waals surface area contributed by atoms with Crippen molar-refractivity contribution in [1.82, 2.24) is 103 Å². The first-order valence-corrected chi connectivity index (χ1v) is 45.4. The Morgan fingerprint density at radius 3 is 1.03 bits per heavy atom. The molecule has 0 unspecified atom stereocenters. The fraction of sp³-hybridized carbons (Fsp3) is 0.500. The van der Waals surface area contributed by atoms with Crippen molar-refractivity contribution < 1.29 is 147 Å². The number of hydrogen-bond acceptors (Lipinski definition) is 43. The van der Waals surface area contributed by atoms with Crippen LogP contribution in [0.4, 0.5) is 84.6 Å². The Morgan fingerprint density at radius 1 is 0.434 bits per heavy atom. The molecule has 0 bridgehead atoms. The number of aromatic nitrogens is 20. The lowest BCUT2D eigenvalue weighted by Gasteiger charge is -2.29. The number of imidazole rings is 5. The summed E-state index contributed by atoms with van der Waals surface area (Å²) in [5, 5.41) is 51.3. The third-order valence-corrected chi connectivity index (χ3v) is 24.2. The lowest BCUT2D eigenvalue weighted by molar-refractivity contribution is -0.206. The van der Waals surface area contributed by atoms with Crippen molar-refractivity contribution in [1.29, 1.82) is 0 Å². The van der Waals surface area contributed by atoms with Crippen LogP contribution in [0.15, 0.2) is 63.3 Å². The topological polar surface area (TPSA) is 657 Å². The molecule has 8 aliphatic rings. The van der Waals surface area contributed by atoms with Crippen LogP contribution in [-0.4, -0.2) is 287 Å². The van der Waals surface area contributed by atoms with Gasteiger partial charge in [0.2, 0.25) is 41.5 Å². The quantitative estimate of drug-likeness (QED) is 0.0113. The van der Waals surface area contributed by atoms with E-state index in [0.29, 0.717) is 11.9 Å². The molecule has 4 amide bonds. The Bertz CT molecular complexity index is 6720. The highest BCUT2D eigenvalue weighted by molar-refractivity contribution is 14.1. The third kappa shape index (κ3) is 18.8. The van der Waals surface area contributed by atoms with Gasteiger partial charge in [0, 0.05) is 19.4 Å². The lowest BCUT2D eigenvalue weighted by atomic mass is 9.92. The van der Waals surface area contributed by atoms with Gasteiger partial charge in [-0.15, -0.1) is 32.1 Å². The van der Waals surface area contributed by atoms with Crippen LogP contribution in [0.25, 0.3) is 55.8 Å². The summed E-state index contributed by atoms with van der Waals surface area (Å²) in [5.41, 5.74) is 0.581. The Kier molecular flexibility index (Phi) is 28.2. The Balaban J connectivity index is 0.000000142. The van der Waals surface area contributed by atoms with E-state index in [-0.39, 0.29) is 108 Å². The molecule has 0 radical (unpaired) electrons. The predicted molar refractivity (Wildman–Crippen MR) is 491 cm³/mol. The minimum atomic E-state index is -2.98. The number of aliphatic hydroxyl groups is 4. The highest BCUT2D eigenvalue weighted by Gasteiger charge is 2.77. The van der Waals surface area contributed by atoms with Gasteiger partial charge in [-0.25, -0.2) is 130 Å². The fourth-order valence-corrected chi connectivity index (χ4v) is 16.9. The zero-order valence-corrected chi connectivity index (χ0v) is 81.2. The second kappa shape index (κ2) is 38.6. The summed E-state index contributed by atoms with van der Waals surface area (Å²) in [6.45, 7) is 19.3. The zero-order valence-electron chi connectivity index (χ0n) is 76.9. The molecule has 10 aromatic heterocycles. The molecular weight excluding hydrogens is 2140 g/mol. The summed E-state index contributed by atoms with van der Waals surface area (Å²) in [4.78, 5) is 144. The van der Waals surface area contributed by atoms with Gasteiger partial charge in [-0.1, -0.05) is 77.8 Å². The van der Waals surface area contributed by atoms with Crippen molar-refractivity contribution >= 4 is 173 Å². The van der Waals surface area contributed by atoms with Gasteiger partial charge in [0.25, 0.3) is 40.2 Å². The first-order chi connectivity index (χ1) is 67.3. The minimum Gasteiger partial charge on any atom is -0.444 e. The molecule has 0 aliphatic carbocycles. The lowest BCUT2D eigenvalue weighted by Crippen LogP contribution is -2.53. The first kappa shape index (κ1) is 105. The minimum absolute atomic E-state index is 0.0335. The highest BCUT2D eigenvalue weighted by Crippen LogP contribution is 2.58. The number of terminal acetylenes is 5. The van der Waals surface area contributed by atoms with E-state index in [4.69, 9.17) is 115 Å². The van der Waals surface area contributed by atoms with Crippen LogP contribution in [0, 0.1) is 61.7 Å². The summed E-state index contributed by atoms with van der Waals surface area (Å²) in [6.07, 6.45) is 18.1. The summed E-state index contributed by atoms with van der Waals surface area (Å²) in [7, 11) is 0. The monoisotopic (exact) mass is 2220 g/mol. The molecule has 0 spiro atoms. The number of amides is 4. The van der Waals surface area contributed by atoms with E-state index in [0.717, 1.165) is 17.2 Å². The van der Waals surface area contributed by atoms with Gasteiger partial charge in [0.05, 0.1) is 40.5 Å².